The second kappa shape index (κ2) is 11.5. The van der Waals surface area contributed by atoms with E-state index in [1.54, 1.807) is 43.5 Å². The molecule has 2 amide bonds. The van der Waals surface area contributed by atoms with Gasteiger partial charge in [0.15, 0.2) is 15.8 Å². The molecule has 0 spiro atoms. The summed E-state index contributed by atoms with van der Waals surface area (Å²) in [5, 5.41) is 1.32. The van der Waals surface area contributed by atoms with Crippen molar-refractivity contribution in [2.75, 3.05) is 7.11 Å². The van der Waals surface area contributed by atoms with Crippen molar-refractivity contribution in [3.8, 4) is 11.5 Å². The van der Waals surface area contributed by atoms with Gasteiger partial charge in [0, 0.05) is 0 Å². The Labute approximate surface area is 231 Å². The molecule has 1 heterocycles. The van der Waals surface area contributed by atoms with Crippen molar-refractivity contribution >= 4 is 73.7 Å². The summed E-state index contributed by atoms with van der Waals surface area (Å²) in [4.78, 5) is 26.0. The Morgan fingerprint density at radius 3 is 2.61 bits per heavy atom. The highest BCUT2D eigenvalue weighted by atomic mass is 79.9. The van der Waals surface area contributed by atoms with Crippen molar-refractivity contribution in [1.82, 2.24) is 10.4 Å². The van der Waals surface area contributed by atoms with Crippen molar-refractivity contribution in [1.29, 1.82) is 0 Å². The lowest BCUT2D eigenvalue weighted by Gasteiger charge is -2.16. The summed E-state index contributed by atoms with van der Waals surface area (Å²) in [6, 6.07) is 18.2. The van der Waals surface area contributed by atoms with Gasteiger partial charge in [-0.1, -0.05) is 65.3 Å². The highest BCUT2D eigenvalue weighted by Crippen LogP contribution is 2.39. The Hall–Kier alpha value is -2.85. The van der Waals surface area contributed by atoms with Gasteiger partial charge >= 0.3 is 0 Å². The fourth-order valence-electron chi connectivity index (χ4n) is 3.33. The van der Waals surface area contributed by atoms with Gasteiger partial charge in [-0.2, -0.15) is 5.01 Å². The molecule has 3 aromatic carbocycles. The van der Waals surface area contributed by atoms with Gasteiger partial charge < -0.3 is 9.47 Å². The molecule has 0 aliphatic carbocycles. The van der Waals surface area contributed by atoms with Crippen LogP contribution in [-0.4, -0.2) is 28.3 Å². The molecule has 10 heteroatoms. The number of methoxy groups -OCH3 is 1. The molecule has 1 aliphatic rings. The number of hydrogen-bond donors (Lipinski definition) is 1. The molecule has 0 radical (unpaired) electrons. The van der Waals surface area contributed by atoms with Crippen LogP contribution in [0.25, 0.3) is 6.08 Å². The second-order valence-corrected chi connectivity index (χ2v) is 10.7. The highest BCUT2D eigenvalue weighted by molar-refractivity contribution is 9.10. The Bertz CT molecular complexity index is 1380. The van der Waals surface area contributed by atoms with Gasteiger partial charge in [-0.05, 0) is 76.5 Å². The summed E-state index contributed by atoms with van der Waals surface area (Å²) in [6.07, 6.45) is 1.68. The van der Waals surface area contributed by atoms with Crippen molar-refractivity contribution < 1.29 is 19.1 Å². The summed E-state index contributed by atoms with van der Waals surface area (Å²) in [5.74, 6) is 0.0813. The lowest BCUT2D eigenvalue weighted by atomic mass is 10.1. The van der Waals surface area contributed by atoms with Crippen LogP contribution >= 0.6 is 51.5 Å². The summed E-state index contributed by atoms with van der Waals surface area (Å²) in [6.45, 7) is 2.40. The monoisotopic (exact) mass is 602 g/mol. The third kappa shape index (κ3) is 5.92. The molecule has 36 heavy (non-hydrogen) atoms. The average molecular weight is 604 g/mol. The minimum Gasteiger partial charge on any atom is -0.493 e. The molecule has 184 valence electrons. The fraction of sp³-hybridized carbons (Fsp3) is 0.115. The minimum absolute atomic E-state index is 0.204. The number of thioether (sulfide) groups is 1. The van der Waals surface area contributed by atoms with Gasteiger partial charge in [0.2, 0.25) is 0 Å². The Morgan fingerprint density at radius 2 is 1.92 bits per heavy atom. The Morgan fingerprint density at radius 1 is 1.19 bits per heavy atom. The number of carbonyl (C=O) groups is 2. The first-order chi connectivity index (χ1) is 17.3. The van der Waals surface area contributed by atoms with Gasteiger partial charge in [-0.15, -0.1) is 0 Å². The van der Waals surface area contributed by atoms with E-state index in [0.717, 1.165) is 22.3 Å². The van der Waals surface area contributed by atoms with E-state index in [4.69, 9.17) is 33.3 Å². The zero-order valence-electron chi connectivity index (χ0n) is 19.2. The maximum absolute atomic E-state index is 13.0. The molecule has 0 atom stereocenters. The number of ether oxygens (including phenoxy) is 2. The molecule has 3 aromatic rings. The third-order valence-electron chi connectivity index (χ3n) is 5.18. The predicted octanol–water partition coefficient (Wildman–Crippen LogP) is 6.54. The Balaban J connectivity index is 1.51. The lowest BCUT2D eigenvalue weighted by Crippen LogP contribution is -2.44. The largest absolute Gasteiger partial charge is 0.493 e. The van der Waals surface area contributed by atoms with E-state index < -0.39 is 11.8 Å². The van der Waals surface area contributed by atoms with Crippen LogP contribution in [0.3, 0.4) is 0 Å². The van der Waals surface area contributed by atoms with Crippen molar-refractivity contribution in [3.05, 3.63) is 97.3 Å². The van der Waals surface area contributed by atoms with Gasteiger partial charge in [0.25, 0.3) is 11.8 Å². The second-order valence-electron chi connectivity index (χ2n) is 7.75. The van der Waals surface area contributed by atoms with Crippen LogP contribution < -0.4 is 14.9 Å². The first-order valence-electron chi connectivity index (χ1n) is 10.7. The predicted molar refractivity (Wildman–Crippen MR) is 150 cm³/mol. The number of nitrogens with one attached hydrogen (secondary N) is 1. The van der Waals surface area contributed by atoms with Gasteiger partial charge in [0.1, 0.15) is 6.61 Å². The minimum atomic E-state index is -0.530. The number of thiocarbonyl (C=S) groups is 1. The number of hydrogen-bond acceptors (Lipinski definition) is 6. The van der Waals surface area contributed by atoms with Crippen molar-refractivity contribution in [3.63, 3.8) is 0 Å². The molecule has 4 rings (SSSR count). The van der Waals surface area contributed by atoms with Crippen LogP contribution in [0.15, 0.2) is 70.0 Å². The van der Waals surface area contributed by atoms with Gasteiger partial charge in [-0.3, -0.25) is 15.0 Å². The number of hydrazine groups is 1. The van der Waals surface area contributed by atoms with E-state index in [0.29, 0.717) is 33.0 Å². The number of aryl methyl sites for hydroxylation is 1. The summed E-state index contributed by atoms with van der Waals surface area (Å²) in [5.41, 5.74) is 5.68. The fourth-order valence-corrected chi connectivity index (χ4v) is 5.30. The van der Waals surface area contributed by atoms with E-state index in [1.807, 2.05) is 37.3 Å². The Kier molecular flexibility index (Phi) is 8.35. The molecule has 0 aromatic heterocycles. The van der Waals surface area contributed by atoms with Crippen LogP contribution in [0, 0.1) is 6.92 Å². The third-order valence-corrected chi connectivity index (χ3v) is 7.40. The van der Waals surface area contributed by atoms with E-state index in [2.05, 4.69) is 21.4 Å². The molecule has 0 bridgehead atoms. The summed E-state index contributed by atoms with van der Waals surface area (Å²) in [7, 11) is 1.55. The zero-order valence-corrected chi connectivity index (χ0v) is 23.2. The van der Waals surface area contributed by atoms with Gasteiger partial charge in [-0.25, -0.2) is 0 Å². The van der Waals surface area contributed by atoms with E-state index in [9.17, 15) is 9.59 Å². The number of carbonyl (C=O) groups excluding carboxylic acids is 2. The first kappa shape index (κ1) is 26.2. The maximum atomic E-state index is 13.0. The maximum Gasteiger partial charge on any atom is 0.285 e. The molecule has 1 saturated heterocycles. The van der Waals surface area contributed by atoms with E-state index >= 15 is 0 Å². The number of amides is 2. The van der Waals surface area contributed by atoms with Crippen molar-refractivity contribution in [2.24, 2.45) is 0 Å². The number of benzene rings is 3. The van der Waals surface area contributed by atoms with Crippen LogP contribution in [0.4, 0.5) is 0 Å². The van der Waals surface area contributed by atoms with Crippen molar-refractivity contribution in [2.45, 2.75) is 13.5 Å². The van der Waals surface area contributed by atoms with Gasteiger partial charge in [0.05, 0.1) is 27.1 Å². The van der Waals surface area contributed by atoms with E-state index in [1.165, 1.54) is 5.56 Å². The molecule has 0 saturated carbocycles. The quantitative estimate of drug-likeness (QED) is 0.244. The smallest absolute Gasteiger partial charge is 0.285 e. The lowest BCUT2D eigenvalue weighted by molar-refractivity contribution is -0.123. The SMILES string of the molecule is COc1cc(/C=C2\SC(=S)N(NC(=O)c3ccccc3Cl)C2=O)cc(Br)c1OCc1ccc(C)cc1. The number of halogens is 2. The van der Waals surface area contributed by atoms with Crippen LogP contribution in [-0.2, 0) is 11.4 Å². The normalized spacial score (nSPS) is 14.3. The number of nitrogens with zero attached hydrogens (tertiary/aromatic N) is 1. The molecule has 1 N–H and O–H groups in total. The summed E-state index contributed by atoms with van der Waals surface area (Å²) < 4.78 is 12.4. The topological polar surface area (TPSA) is 67.9 Å². The molecule has 1 aliphatic heterocycles. The first-order valence-corrected chi connectivity index (χ1v) is 13.1. The van der Waals surface area contributed by atoms with Crippen LogP contribution in [0.2, 0.25) is 5.02 Å². The highest BCUT2D eigenvalue weighted by Gasteiger charge is 2.34. The molecule has 0 unspecified atom stereocenters. The molecule has 6 nitrogen and oxygen atoms in total. The molecular weight excluding hydrogens is 584 g/mol. The number of rotatable bonds is 7. The zero-order chi connectivity index (χ0) is 25.8. The standard InChI is InChI=1S/C26H20BrClN2O4S2/c1-15-7-9-16(10-8-15)14-34-23-19(27)11-17(12-21(23)33-2)13-22-25(32)30(26(35)36-22)29-24(31)18-5-3-4-6-20(18)28/h3-13H,14H2,1-2H3,(H,29,31)/b22-13-. The molecule has 1 fully saturated rings. The van der Waals surface area contributed by atoms with Crippen LogP contribution in [0.5, 0.6) is 11.5 Å². The summed E-state index contributed by atoms with van der Waals surface area (Å²) >= 11 is 16.0. The average Bonchev–Trinajstić information content (AvgIpc) is 3.11. The molecular formula is C26H20BrClN2O4S2. The van der Waals surface area contributed by atoms with E-state index in [-0.39, 0.29) is 14.9 Å². The van der Waals surface area contributed by atoms with Crippen LogP contribution in [0.1, 0.15) is 27.0 Å².